The van der Waals surface area contributed by atoms with Crippen molar-refractivity contribution in [3.8, 4) is 22.8 Å². The summed E-state index contributed by atoms with van der Waals surface area (Å²) in [6.45, 7) is 0.828. The van der Waals surface area contributed by atoms with Gasteiger partial charge in [-0.25, -0.2) is 4.57 Å². The second kappa shape index (κ2) is 8.38. The van der Waals surface area contributed by atoms with Crippen LogP contribution in [0, 0.1) is 0 Å². The van der Waals surface area contributed by atoms with E-state index in [1.807, 2.05) is 67.0 Å². The molecule has 0 unspecified atom stereocenters. The number of rotatable bonds is 4. The predicted molar refractivity (Wildman–Crippen MR) is 98.6 cm³/mol. The molecule has 2 aromatic carbocycles. The highest BCUT2D eigenvalue weighted by molar-refractivity contribution is 9.10. The van der Waals surface area contributed by atoms with E-state index in [2.05, 4.69) is 42.8 Å². The van der Waals surface area contributed by atoms with Crippen LogP contribution in [0.3, 0.4) is 0 Å². The first kappa shape index (κ1) is 18.5. The molecule has 0 atom stereocenters. The number of pyridine rings is 1. The lowest BCUT2D eigenvalue weighted by Crippen LogP contribution is -3.00. The summed E-state index contributed by atoms with van der Waals surface area (Å²) in [5.74, 6) is 1.10. The molecule has 0 bridgehead atoms. The van der Waals surface area contributed by atoms with Crippen molar-refractivity contribution in [1.82, 2.24) is 10.1 Å². The van der Waals surface area contributed by atoms with Gasteiger partial charge in [-0.05, 0) is 24.3 Å². The number of nitrogens with zero attached hydrogens (tertiary/aromatic N) is 3. The maximum Gasteiger partial charge on any atom is 0.258 e. The molecule has 0 spiro atoms. The average molecular weight is 473 g/mol. The molecule has 4 nitrogen and oxygen atoms in total. The number of halogens is 2. The molecule has 0 saturated heterocycles. The van der Waals surface area contributed by atoms with E-state index < -0.39 is 0 Å². The highest BCUT2D eigenvalue weighted by Gasteiger charge is 2.12. The van der Waals surface area contributed by atoms with Gasteiger partial charge in [-0.1, -0.05) is 51.4 Å². The standard InChI is InChI=1S/C20H15BrN3O.BrH/c21-18-8-6-16(7-9-18)19-22-20(25-23-19)17-10-12-24(13-11-17)14-15-4-2-1-3-5-15;/h1-13H,14H2;1H/q+1;/p-1. The van der Waals surface area contributed by atoms with E-state index in [-0.39, 0.29) is 17.0 Å². The topological polar surface area (TPSA) is 42.8 Å². The molecule has 0 aliphatic carbocycles. The molecule has 0 amide bonds. The maximum absolute atomic E-state index is 5.41. The molecule has 26 heavy (non-hydrogen) atoms. The first-order chi connectivity index (χ1) is 12.3. The minimum absolute atomic E-state index is 0. The molecule has 6 heteroatoms. The number of benzene rings is 2. The highest BCUT2D eigenvalue weighted by atomic mass is 79.9. The lowest BCUT2D eigenvalue weighted by Gasteiger charge is -1.98. The summed E-state index contributed by atoms with van der Waals surface area (Å²) in [6, 6.07) is 22.2. The largest absolute Gasteiger partial charge is 1.00 e. The summed E-state index contributed by atoms with van der Waals surface area (Å²) < 4.78 is 8.55. The molecule has 0 fully saturated rings. The third-order valence-electron chi connectivity index (χ3n) is 3.87. The van der Waals surface area contributed by atoms with Crippen LogP contribution in [0.25, 0.3) is 22.8 Å². The molecule has 0 aliphatic heterocycles. The Morgan fingerprint density at radius 2 is 1.54 bits per heavy atom. The van der Waals surface area contributed by atoms with Crippen LogP contribution in [0.5, 0.6) is 0 Å². The fourth-order valence-electron chi connectivity index (χ4n) is 2.56. The highest BCUT2D eigenvalue weighted by Crippen LogP contribution is 2.22. The fourth-order valence-corrected chi connectivity index (χ4v) is 2.82. The molecular weight excluding hydrogens is 458 g/mol. The van der Waals surface area contributed by atoms with E-state index in [1.165, 1.54) is 5.56 Å². The summed E-state index contributed by atoms with van der Waals surface area (Å²) in [7, 11) is 0. The Morgan fingerprint density at radius 3 is 2.23 bits per heavy atom. The molecule has 4 aromatic rings. The Bertz CT molecular complexity index is 968. The second-order valence-electron chi connectivity index (χ2n) is 5.67. The number of hydrogen-bond donors (Lipinski definition) is 0. The molecule has 2 heterocycles. The van der Waals surface area contributed by atoms with Crippen molar-refractivity contribution in [1.29, 1.82) is 0 Å². The van der Waals surface area contributed by atoms with Crippen LogP contribution in [0.2, 0.25) is 0 Å². The Balaban J connectivity index is 0.00000196. The third kappa shape index (κ3) is 4.26. The van der Waals surface area contributed by atoms with Gasteiger partial charge in [-0.2, -0.15) is 4.98 Å². The predicted octanol–water partition coefficient (Wildman–Crippen LogP) is 1.51. The van der Waals surface area contributed by atoms with E-state index in [9.17, 15) is 0 Å². The van der Waals surface area contributed by atoms with Crippen LogP contribution in [0.15, 0.2) is 88.1 Å². The van der Waals surface area contributed by atoms with Gasteiger partial charge in [0, 0.05) is 27.7 Å². The van der Waals surface area contributed by atoms with Crippen molar-refractivity contribution in [3.63, 3.8) is 0 Å². The quantitative estimate of drug-likeness (QED) is 0.423. The monoisotopic (exact) mass is 471 g/mol. The fraction of sp³-hybridized carbons (Fsp3) is 0.0500. The van der Waals surface area contributed by atoms with Crippen molar-refractivity contribution < 1.29 is 26.1 Å². The van der Waals surface area contributed by atoms with E-state index in [1.54, 1.807) is 0 Å². The zero-order valence-corrected chi connectivity index (χ0v) is 16.9. The smallest absolute Gasteiger partial charge is 0.258 e. The Labute approximate surface area is 170 Å². The Hall–Kier alpha value is -2.31. The van der Waals surface area contributed by atoms with Gasteiger partial charge in [0.15, 0.2) is 18.9 Å². The number of aromatic nitrogens is 3. The molecule has 0 radical (unpaired) electrons. The summed E-state index contributed by atoms with van der Waals surface area (Å²) in [5, 5.41) is 4.07. The van der Waals surface area contributed by atoms with Gasteiger partial charge < -0.3 is 21.5 Å². The van der Waals surface area contributed by atoms with E-state index in [0.29, 0.717) is 11.7 Å². The van der Waals surface area contributed by atoms with Gasteiger partial charge in [0.25, 0.3) is 5.89 Å². The van der Waals surface area contributed by atoms with Crippen molar-refractivity contribution >= 4 is 15.9 Å². The van der Waals surface area contributed by atoms with Gasteiger partial charge in [-0.3, -0.25) is 0 Å². The summed E-state index contributed by atoms with van der Waals surface area (Å²) in [5.41, 5.74) is 3.09. The van der Waals surface area contributed by atoms with Crippen LogP contribution in [0.1, 0.15) is 5.56 Å². The van der Waals surface area contributed by atoms with Crippen LogP contribution >= 0.6 is 15.9 Å². The van der Waals surface area contributed by atoms with E-state index in [0.717, 1.165) is 22.1 Å². The van der Waals surface area contributed by atoms with Crippen LogP contribution in [0.4, 0.5) is 0 Å². The molecule has 0 saturated carbocycles. The zero-order chi connectivity index (χ0) is 17.1. The molecule has 0 aliphatic rings. The van der Waals surface area contributed by atoms with Gasteiger partial charge >= 0.3 is 0 Å². The lowest BCUT2D eigenvalue weighted by molar-refractivity contribution is -0.688. The molecule has 4 rings (SSSR count). The van der Waals surface area contributed by atoms with Crippen molar-refractivity contribution in [2.45, 2.75) is 6.54 Å². The van der Waals surface area contributed by atoms with Crippen molar-refractivity contribution in [3.05, 3.63) is 89.2 Å². The summed E-state index contributed by atoms with van der Waals surface area (Å²) >= 11 is 3.42. The van der Waals surface area contributed by atoms with Crippen LogP contribution in [-0.4, -0.2) is 10.1 Å². The van der Waals surface area contributed by atoms with Gasteiger partial charge in [0.1, 0.15) is 0 Å². The summed E-state index contributed by atoms with van der Waals surface area (Å²) in [4.78, 5) is 4.49. The number of hydrogen-bond acceptors (Lipinski definition) is 3. The maximum atomic E-state index is 5.41. The van der Waals surface area contributed by atoms with Crippen molar-refractivity contribution in [2.24, 2.45) is 0 Å². The lowest BCUT2D eigenvalue weighted by atomic mass is 10.2. The van der Waals surface area contributed by atoms with Crippen molar-refractivity contribution in [2.75, 3.05) is 0 Å². The van der Waals surface area contributed by atoms with Gasteiger partial charge in [0.2, 0.25) is 5.82 Å². The third-order valence-corrected chi connectivity index (χ3v) is 4.40. The minimum atomic E-state index is 0. The van der Waals surface area contributed by atoms with Crippen LogP contribution < -0.4 is 21.5 Å². The van der Waals surface area contributed by atoms with E-state index in [4.69, 9.17) is 4.52 Å². The summed E-state index contributed by atoms with van der Waals surface area (Å²) in [6.07, 6.45) is 4.04. The SMILES string of the molecule is Brc1ccc(-c2noc(-c3cc[n+](Cc4ccccc4)cc3)n2)cc1.[Br-]. The second-order valence-corrected chi connectivity index (χ2v) is 6.59. The van der Waals surface area contributed by atoms with Crippen LogP contribution in [-0.2, 0) is 6.54 Å². The minimum Gasteiger partial charge on any atom is -1.00 e. The molecule has 0 N–H and O–H groups in total. The first-order valence-corrected chi connectivity index (χ1v) is 8.70. The van der Waals surface area contributed by atoms with Gasteiger partial charge in [-0.15, -0.1) is 0 Å². The zero-order valence-electron chi connectivity index (χ0n) is 13.7. The average Bonchev–Trinajstić information content (AvgIpc) is 3.14. The Kier molecular flexibility index (Phi) is 5.96. The van der Waals surface area contributed by atoms with Gasteiger partial charge in [0.05, 0.1) is 5.56 Å². The van der Waals surface area contributed by atoms with E-state index >= 15 is 0 Å². The first-order valence-electron chi connectivity index (χ1n) is 7.91. The molecular formula is C20H15Br2N3O. The molecule has 130 valence electrons. The Morgan fingerprint density at radius 1 is 0.846 bits per heavy atom. The molecule has 2 aromatic heterocycles. The normalized spacial score (nSPS) is 10.3.